The van der Waals surface area contributed by atoms with Crippen molar-refractivity contribution >= 4 is 34.5 Å². The van der Waals surface area contributed by atoms with E-state index in [9.17, 15) is 4.79 Å². The molecule has 2 heterocycles. The van der Waals surface area contributed by atoms with Crippen molar-refractivity contribution in [1.29, 1.82) is 0 Å². The minimum absolute atomic E-state index is 0.131. The van der Waals surface area contributed by atoms with Crippen LogP contribution in [-0.4, -0.2) is 25.2 Å². The lowest BCUT2D eigenvalue weighted by Crippen LogP contribution is -2.15. The van der Waals surface area contributed by atoms with E-state index in [1.165, 1.54) is 0 Å². The second-order valence-corrected chi connectivity index (χ2v) is 3.90. The summed E-state index contributed by atoms with van der Waals surface area (Å²) in [5, 5.41) is 9.40. The standard InChI is InChI=1S/C4HCl2N5OS/c5-1-2(13-3(6)7-1)11-4(12)8-9-10-11/h(H,8,10,12). The van der Waals surface area contributed by atoms with Gasteiger partial charge in [-0.3, -0.25) is 0 Å². The van der Waals surface area contributed by atoms with Crippen LogP contribution < -0.4 is 5.69 Å². The molecule has 0 saturated heterocycles. The van der Waals surface area contributed by atoms with Crippen LogP contribution in [0.2, 0.25) is 9.62 Å². The molecule has 1 N–H and O–H groups in total. The number of hydrogen-bond donors (Lipinski definition) is 1. The van der Waals surface area contributed by atoms with Gasteiger partial charge in [0.1, 0.15) is 0 Å². The normalized spacial score (nSPS) is 10.6. The van der Waals surface area contributed by atoms with Crippen LogP contribution in [-0.2, 0) is 0 Å². The third kappa shape index (κ3) is 1.45. The van der Waals surface area contributed by atoms with Crippen LogP contribution in [0.4, 0.5) is 0 Å². The van der Waals surface area contributed by atoms with Gasteiger partial charge in [-0.25, -0.2) is 14.9 Å². The number of rotatable bonds is 1. The summed E-state index contributed by atoms with van der Waals surface area (Å²) in [6.45, 7) is 0. The van der Waals surface area contributed by atoms with Gasteiger partial charge in [-0.05, 0) is 10.4 Å². The number of aromatic amines is 1. The van der Waals surface area contributed by atoms with Gasteiger partial charge >= 0.3 is 5.69 Å². The topological polar surface area (TPSA) is 76.5 Å². The predicted molar refractivity (Wildman–Crippen MR) is 47.7 cm³/mol. The number of thiazole rings is 1. The molecule has 0 spiro atoms. The molecule has 0 amide bonds. The highest BCUT2D eigenvalue weighted by molar-refractivity contribution is 7.18. The zero-order valence-corrected chi connectivity index (χ0v) is 8.19. The Balaban J connectivity index is 2.65. The molecule has 0 aliphatic carbocycles. The van der Waals surface area contributed by atoms with Crippen LogP contribution >= 0.6 is 34.5 Å². The predicted octanol–water partition coefficient (Wildman–Crippen LogP) is 0.719. The summed E-state index contributed by atoms with van der Waals surface area (Å²) >= 11 is 12.3. The van der Waals surface area contributed by atoms with E-state index in [1.807, 2.05) is 0 Å². The van der Waals surface area contributed by atoms with Crippen molar-refractivity contribution < 1.29 is 0 Å². The fourth-order valence-corrected chi connectivity index (χ4v) is 2.04. The molecule has 2 rings (SSSR count). The molecule has 0 radical (unpaired) electrons. The summed E-state index contributed by atoms with van der Waals surface area (Å²) in [7, 11) is 0. The van der Waals surface area contributed by atoms with Gasteiger partial charge in [0.2, 0.25) is 0 Å². The summed E-state index contributed by atoms with van der Waals surface area (Å²) in [5.41, 5.74) is -0.484. The Bertz CT molecular complexity index is 487. The Hall–Kier alpha value is -0.920. The third-order valence-electron chi connectivity index (χ3n) is 1.21. The van der Waals surface area contributed by atoms with E-state index < -0.39 is 5.69 Å². The minimum Gasteiger partial charge on any atom is -0.244 e. The van der Waals surface area contributed by atoms with Gasteiger partial charge in [0.05, 0.1) is 0 Å². The van der Waals surface area contributed by atoms with E-state index >= 15 is 0 Å². The third-order valence-corrected chi connectivity index (χ3v) is 2.72. The highest BCUT2D eigenvalue weighted by Gasteiger charge is 2.13. The number of halogens is 2. The molecule has 2 aromatic rings. The number of tetrazole rings is 1. The molecule has 2 aromatic heterocycles. The molecule has 13 heavy (non-hydrogen) atoms. The van der Waals surface area contributed by atoms with Gasteiger partial charge in [-0.1, -0.05) is 34.5 Å². The molecule has 0 unspecified atom stereocenters. The fraction of sp³-hybridized carbons (Fsp3) is 0. The van der Waals surface area contributed by atoms with Gasteiger partial charge in [0.15, 0.2) is 14.6 Å². The summed E-state index contributed by atoms with van der Waals surface area (Å²) in [4.78, 5) is 14.8. The fourth-order valence-electron chi connectivity index (χ4n) is 0.731. The Morgan fingerprint density at radius 2 is 2.23 bits per heavy atom. The maximum atomic E-state index is 11.0. The first-order valence-corrected chi connectivity index (χ1v) is 4.58. The molecule has 0 saturated carbocycles. The van der Waals surface area contributed by atoms with Crippen LogP contribution in [0, 0.1) is 0 Å². The molecule has 0 aliphatic rings. The molecular weight excluding hydrogens is 237 g/mol. The van der Waals surface area contributed by atoms with Gasteiger partial charge < -0.3 is 0 Å². The van der Waals surface area contributed by atoms with E-state index in [4.69, 9.17) is 23.2 Å². The van der Waals surface area contributed by atoms with Gasteiger partial charge in [-0.15, -0.1) is 4.68 Å². The molecule has 0 fully saturated rings. The highest BCUT2D eigenvalue weighted by Crippen LogP contribution is 2.28. The Morgan fingerprint density at radius 1 is 1.46 bits per heavy atom. The van der Waals surface area contributed by atoms with E-state index in [1.54, 1.807) is 0 Å². The first kappa shape index (κ1) is 8.67. The van der Waals surface area contributed by atoms with Crippen LogP contribution in [0.1, 0.15) is 0 Å². The molecule has 0 aromatic carbocycles. The van der Waals surface area contributed by atoms with Crippen LogP contribution in [0.3, 0.4) is 0 Å². The van der Waals surface area contributed by atoms with Crippen molar-refractivity contribution in [3.8, 4) is 5.00 Å². The van der Waals surface area contributed by atoms with Gasteiger partial charge in [-0.2, -0.15) is 0 Å². The Morgan fingerprint density at radius 3 is 2.69 bits per heavy atom. The second-order valence-electron chi connectivity index (χ2n) is 1.98. The Kier molecular flexibility index (Phi) is 2.06. The average molecular weight is 238 g/mol. The molecule has 6 nitrogen and oxygen atoms in total. The molecule has 68 valence electrons. The van der Waals surface area contributed by atoms with Crippen LogP contribution in [0.25, 0.3) is 5.00 Å². The van der Waals surface area contributed by atoms with Gasteiger partial charge in [0.25, 0.3) is 0 Å². The average Bonchev–Trinajstić information content (AvgIpc) is 2.58. The summed E-state index contributed by atoms with van der Waals surface area (Å²) < 4.78 is 1.24. The monoisotopic (exact) mass is 237 g/mol. The number of aromatic nitrogens is 5. The quantitative estimate of drug-likeness (QED) is 0.793. The maximum Gasteiger partial charge on any atom is 0.366 e. The van der Waals surface area contributed by atoms with Crippen LogP contribution in [0.15, 0.2) is 4.79 Å². The van der Waals surface area contributed by atoms with Crippen molar-refractivity contribution in [1.82, 2.24) is 25.2 Å². The SMILES string of the molecule is O=c1[nH]nnn1-c1sc(Cl)nc1Cl. The van der Waals surface area contributed by atoms with E-state index in [-0.39, 0.29) is 9.62 Å². The first-order valence-electron chi connectivity index (χ1n) is 3.01. The van der Waals surface area contributed by atoms with Crippen molar-refractivity contribution in [3.05, 3.63) is 20.1 Å². The van der Waals surface area contributed by atoms with Gasteiger partial charge in [0, 0.05) is 0 Å². The van der Waals surface area contributed by atoms with Crippen molar-refractivity contribution in [2.45, 2.75) is 0 Å². The summed E-state index contributed by atoms with van der Waals surface area (Å²) in [5.74, 6) is 0. The minimum atomic E-state index is -0.484. The maximum absolute atomic E-state index is 11.0. The number of hydrogen-bond acceptors (Lipinski definition) is 5. The first-order chi connectivity index (χ1) is 6.18. The second kappa shape index (κ2) is 3.09. The lowest BCUT2D eigenvalue weighted by Gasteiger charge is -1.89. The molecule has 0 aliphatic heterocycles. The van der Waals surface area contributed by atoms with E-state index in [0.717, 1.165) is 16.0 Å². The van der Waals surface area contributed by atoms with Crippen molar-refractivity contribution in [3.63, 3.8) is 0 Å². The lowest BCUT2D eigenvalue weighted by molar-refractivity contribution is 0.788. The largest absolute Gasteiger partial charge is 0.366 e. The van der Waals surface area contributed by atoms with E-state index in [0.29, 0.717) is 5.00 Å². The van der Waals surface area contributed by atoms with Crippen LogP contribution in [0.5, 0.6) is 0 Å². The summed E-state index contributed by atoms with van der Waals surface area (Å²) in [6.07, 6.45) is 0. The number of nitrogens with zero attached hydrogens (tertiary/aromatic N) is 4. The molecule has 9 heteroatoms. The molecule has 0 bridgehead atoms. The van der Waals surface area contributed by atoms with Crippen molar-refractivity contribution in [2.75, 3.05) is 0 Å². The Labute approximate surface area is 85.1 Å². The number of H-pyrrole nitrogens is 1. The zero-order valence-electron chi connectivity index (χ0n) is 5.86. The van der Waals surface area contributed by atoms with E-state index in [2.05, 4.69) is 20.5 Å². The summed E-state index contributed by atoms with van der Waals surface area (Å²) in [6, 6.07) is 0. The molecule has 0 atom stereocenters. The number of nitrogens with one attached hydrogen (secondary N) is 1. The zero-order chi connectivity index (χ0) is 9.42. The lowest BCUT2D eigenvalue weighted by atomic mass is 10.8. The highest BCUT2D eigenvalue weighted by atomic mass is 35.5. The molecular formula is C4HCl2N5OS. The van der Waals surface area contributed by atoms with Crippen molar-refractivity contribution in [2.24, 2.45) is 0 Å². The smallest absolute Gasteiger partial charge is 0.244 e.